The first-order chi connectivity index (χ1) is 13.9. The zero-order valence-electron chi connectivity index (χ0n) is 16.9. The zero-order valence-corrected chi connectivity index (χ0v) is 16.9. The molecule has 1 saturated heterocycles. The Hall–Kier alpha value is -2.59. The van der Waals surface area contributed by atoms with Crippen molar-refractivity contribution in [3.63, 3.8) is 0 Å². The van der Waals surface area contributed by atoms with Crippen LogP contribution in [-0.4, -0.2) is 23.4 Å². The zero-order chi connectivity index (χ0) is 20.4. The average molecular weight is 387 g/mol. The van der Waals surface area contributed by atoms with E-state index in [0.29, 0.717) is 0 Å². The molecule has 0 aromatic heterocycles. The summed E-state index contributed by atoms with van der Waals surface area (Å²) in [7, 11) is 0. The van der Waals surface area contributed by atoms with Gasteiger partial charge in [-0.3, -0.25) is 14.4 Å². The van der Waals surface area contributed by atoms with Crippen molar-refractivity contribution in [2.24, 2.45) is 23.7 Å². The first kappa shape index (κ1) is 18.4. The van der Waals surface area contributed by atoms with Gasteiger partial charge < -0.3 is 5.32 Å². The largest absolute Gasteiger partial charge is 0.305 e. The molecular weight excluding hydrogens is 362 g/mol. The summed E-state index contributed by atoms with van der Waals surface area (Å²) in [6, 6.07) is 15.5. The van der Waals surface area contributed by atoms with Gasteiger partial charge in [0.25, 0.3) is 0 Å². The molecule has 5 rings (SSSR count). The van der Waals surface area contributed by atoms with E-state index in [9.17, 15) is 14.4 Å². The molecule has 1 saturated carbocycles. The molecule has 0 spiro atoms. The number of carbonyl (C=O) groups is 3. The van der Waals surface area contributed by atoms with E-state index in [1.165, 1.54) is 0 Å². The van der Waals surface area contributed by atoms with Crippen molar-refractivity contribution in [2.45, 2.75) is 38.8 Å². The third kappa shape index (κ3) is 2.52. The van der Waals surface area contributed by atoms with E-state index in [2.05, 4.69) is 17.4 Å². The van der Waals surface area contributed by atoms with Crippen LogP contribution in [0.1, 0.15) is 52.9 Å². The molecule has 2 fully saturated rings. The number of nitrogens with one attached hydrogen (secondary N) is 1. The van der Waals surface area contributed by atoms with Gasteiger partial charge in [0, 0.05) is 41.3 Å². The Morgan fingerprint density at radius 3 is 2.21 bits per heavy atom. The van der Waals surface area contributed by atoms with Crippen molar-refractivity contribution in [1.29, 1.82) is 0 Å². The minimum atomic E-state index is -0.614. The molecule has 148 valence electrons. The minimum Gasteiger partial charge on any atom is -0.305 e. The number of rotatable bonds is 1. The summed E-state index contributed by atoms with van der Waals surface area (Å²) < 4.78 is 0. The fraction of sp³-hybridized carbons (Fsp3) is 0.400. The van der Waals surface area contributed by atoms with Gasteiger partial charge in [0.05, 0.1) is 5.92 Å². The molecule has 4 nitrogen and oxygen atoms in total. The summed E-state index contributed by atoms with van der Waals surface area (Å²) in [4.78, 5) is 39.6. The average Bonchev–Trinajstić information content (AvgIpc) is 3.02. The second kappa shape index (κ2) is 6.46. The van der Waals surface area contributed by atoms with E-state index in [1.54, 1.807) is 6.92 Å². The molecular formula is C25H25NO3. The predicted molar refractivity (Wildman–Crippen MR) is 110 cm³/mol. The Morgan fingerprint density at radius 2 is 1.48 bits per heavy atom. The first-order valence-corrected chi connectivity index (χ1v) is 10.4. The number of aryl methyl sites for hydroxylation is 1. The van der Waals surface area contributed by atoms with Gasteiger partial charge in [0.1, 0.15) is 11.6 Å². The molecule has 7 unspecified atom stereocenters. The third-order valence-corrected chi connectivity index (χ3v) is 7.39. The Kier molecular flexibility index (Phi) is 4.11. The molecule has 2 aromatic rings. The van der Waals surface area contributed by atoms with Crippen molar-refractivity contribution in [1.82, 2.24) is 5.32 Å². The third-order valence-electron chi connectivity index (χ3n) is 7.39. The smallest absolute Gasteiger partial charge is 0.168 e. The van der Waals surface area contributed by atoms with E-state index in [4.69, 9.17) is 0 Å². The van der Waals surface area contributed by atoms with E-state index >= 15 is 0 Å². The van der Waals surface area contributed by atoms with Crippen LogP contribution in [0.5, 0.6) is 0 Å². The van der Waals surface area contributed by atoms with E-state index in [0.717, 1.165) is 22.3 Å². The molecule has 2 aliphatic carbocycles. The summed E-state index contributed by atoms with van der Waals surface area (Å²) in [5, 5.41) is 3.58. The van der Waals surface area contributed by atoms with E-state index in [-0.39, 0.29) is 53.1 Å². The van der Waals surface area contributed by atoms with Crippen LogP contribution in [0, 0.1) is 30.6 Å². The summed E-state index contributed by atoms with van der Waals surface area (Å²) in [5.41, 5.74) is 3.89. The highest BCUT2D eigenvalue weighted by molar-refractivity contribution is 6.09. The van der Waals surface area contributed by atoms with Gasteiger partial charge in [-0.25, -0.2) is 0 Å². The quantitative estimate of drug-likeness (QED) is 0.759. The predicted octanol–water partition coefficient (Wildman–Crippen LogP) is 3.64. The molecule has 0 bridgehead atoms. The maximum Gasteiger partial charge on any atom is 0.168 e. The molecule has 29 heavy (non-hydrogen) atoms. The maximum atomic E-state index is 13.5. The van der Waals surface area contributed by atoms with Crippen LogP contribution < -0.4 is 5.32 Å². The second-order valence-corrected chi connectivity index (χ2v) is 8.92. The molecule has 4 heteroatoms. The number of hydrogen-bond acceptors (Lipinski definition) is 4. The molecule has 1 N–H and O–H groups in total. The summed E-state index contributed by atoms with van der Waals surface area (Å²) in [5.74, 6) is -1.72. The van der Waals surface area contributed by atoms with Crippen LogP contribution >= 0.6 is 0 Å². The van der Waals surface area contributed by atoms with Gasteiger partial charge in [0.15, 0.2) is 5.78 Å². The lowest BCUT2D eigenvalue weighted by atomic mass is 9.58. The number of piperidine rings is 1. The van der Waals surface area contributed by atoms with Crippen molar-refractivity contribution >= 4 is 17.3 Å². The monoisotopic (exact) mass is 387 g/mol. The van der Waals surface area contributed by atoms with Crippen molar-refractivity contribution < 1.29 is 14.4 Å². The number of fused-ring (bicyclic) bond motifs is 4. The second-order valence-electron chi connectivity index (χ2n) is 8.92. The van der Waals surface area contributed by atoms with Crippen LogP contribution in [-0.2, 0) is 9.59 Å². The number of hydrogen-bond donors (Lipinski definition) is 1. The first-order valence-electron chi connectivity index (χ1n) is 10.4. The standard InChI is InChI=1S/C25H25NO3/c1-12-8-10-15(11-9-12)18-19-21(13(2)23(27)14(3)24(19)28)26-22-16-6-4-5-7-17(16)25(29)20(18)22/h4-11,13-14,18-22,26H,1-3H3. The SMILES string of the molecule is Cc1ccc(C2C3C(=O)c4ccccc4C3NC3C(C)C(=O)C(C)C(=O)C32)cc1. The van der Waals surface area contributed by atoms with Gasteiger partial charge in [-0.15, -0.1) is 0 Å². The van der Waals surface area contributed by atoms with Crippen molar-refractivity contribution in [3.05, 3.63) is 70.8 Å². The highest BCUT2D eigenvalue weighted by Gasteiger charge is 2.59. The summed E-state index contributed by atoms with van der Waals surface area (Å²) >= 11 is 0. The molecule has 1 aliphatic heterocycles. The van der Waals surface area contributed by atoms with Crippen LogP contribution in [0.4, 0.5) is 0 Å². The van der Waals surface area contributed by atoms with Gasteiger partial charge in [0.2, 0.25) is 0 Å². The molecule has 3 aliphatic rings. The Bertz CT molecular complexity index is 1020. The topological polar surface area (TPSA) is 63.2 Å². The number of benzene rings is 2. The lowest BCUT2D eigenvalue weighted by Gasteiger charge is -2.50. The van der Waals surface area contributed by atoms with Crippen LogP contribution in [0.25, 0.3) is 0 Å². The highest BCUT2D eigenvalue weighted by atomic mass is 16.2. The Labute approximate surface area is 170 Å². The lowest BCUT2D eigenvalue weighted by Crippen LogP contribution is -2.62. The highest BCUT2D eigenvalue weighted by Crippen LogP contribution is 2.54. The van der Waals surface area contributed by atoms with Crippen LogP contribution in [0.15, 0.2) is 48.5 Å². The minimum absolute atomic E-state index is 0.00228. The van der Waals surface area contributed by atoms with Crippen molar-refractivity contribution in [2.75, 3.05) is 0 Å². The van der Waals surface area contributed by atoms with Gasteiger partial charge in [-0.2, -0.15) is 0 Å². The maximum absolute atomic E-state index is 13.5. The Balaban J connectivity index is 1.70. The fourth-order valence-electron chi connectivity index (χ4n) is 5.85. The lowest BCUT2D eigenvalue weighted by molar-refractivity contribution is -0.145. The van der Waals surface area contributed by atoms with Gasteiger partial charge >= 0.3 is 0 Å². The molecule has 0 radical (unpaired) electrons. The van der Waals surface area contributed by atoms with Gasteiger partial charge in [-0.1, -0.05) is 61.0 Å². The number of Topliss-reactive ketones (excluding diaryl/α,β-unsaturated/α-hetero) is 3. The van der Waals surface area contributed by atoms with E-state index in [1.807, 2.05) is 50.2 Å². The number of ketones is 3. The molecule has 0 amide bonds. The molecule has 2 aromatic carbocycles. The fourth-order valence-corrected chi connectivity index (χ4v) is 5.85. The number of carbonyl (C=O) groups excluding carboxylic acids is 3. The van der Waals surface area contributed by atoms with Crippen LogP contribution in [0.2, 0.25) is 0 Å². The molecule has 1 heterocycles. The molecule has 7 atom stereocenters. The normalized spacial score (nSPS) is 35.8. The van der Waals surface area contributed by atoms with Crippen LogP contribution in [0.3, 0.4) is 0 Å². The van der Waals surface area contributed by atoms with Gasteiger partial charge in [-0.05, 0) is 25.0 Å². The summed E-state index contributed by atoms with van der Waals surface area (Å²) in [6.07, 6.45) is 0. The van der Waals surface area contributed by atoms with E-state index < -0.39 is 5.92 Å². The van der Waals surface area contributed by atoms with Crippen molar-refractivity contribution in [3.8, 4) is 0 Å². The summed E-state index contributed by atoms with van der Waals surface area (Å²) in [6.45, 7) is 5.68. The Morgan fingerprint density at radius 1 is 0.793 bits per heavy atom.